The van der Waals surface area contributed by atoms with Crippen molar-refractivity contribution < 1.29 is 9.21 Å². The van der Waals surface area contributed by atoms with Gasteiger partial charge in [-0.3, -0.25) is 4.79 Å². The second-order valence-corrected chi connectivity index (χ2v) is 5.21. The van der Waals surface area contributed by atoms with E-state index < -0.39 is 0 Å². The maximum absolute atomic E-state index is 12.1. The topological polar surface area (TPSA) is 55.1 Å². The van der Waals surface area contributed by atoms with Crippen LogP contribution >= 0.6 is 0 Å². The molecule has 1 N–H and O–H groups in total. The van der Waals surface area contributed by atoms with Crippen LogP contribution in [-0.2, 0) is 11.2 Å². The predicted octanol–water partition coefficient (Wildman–Crippen LogP) is 3.63. The van der Waals surface area contributed by atoms with Crippen molar-refractivity contribution in [2.24, 2.45) is 0 Å². The van der Waals surface area contributed by atoms with E-state index >= 15 is 0 Å². The molecule has 3 rings (SSSR count). The summed E-state index contributed by atoms with van der Waals surface area (Å²) in [5.41, 5.74) is 3.89. The van der Waals surface area contributed by atoms with Crippen molar-refractivity contribution in [1.82, 2.24) is 4.98 Å². The van der Waals surface area contributed by atoms with Gasteiger partial charge in [0.1, 0.15) is 11.4 Å². The molecule has 2 heterocycles. The fourth-order valence-electron chi connectivity index (χ4n) is 2.23. The van der Waals surface area contributed by atoms with Crippen LogP contribution in [0.15, 0.2) is 47.2 Å². The average molecular weight is 280 g/mol. The number of hydrogen-bond donors (Lipinski definition) is 1. The molecular formula is C17H16N2O2. The van der Waals surface area contributed by atoms with Gasteiger partial charge >= 0.3 is 0 Å². The number of benzene rings is 1. The van der Waals surface area contributed by atoms with Gasteiger partial charge in [-0.05, 0) is 37.6 Å². The number of nitrogens with zero attached hydrogens (tertiary/aromatic N) is 1. The summed E-state index contributed by atoms with van der Waals surface area (Å²) >= 11 is 0. The number of nitrogens with one attached hydrogen (secondary N) is 1. The van der Waals surface area contributed by atoms with Crippen LogP contribution in [0.4, 0.5) is 5.82 Å². The summed E-state index contributed by atoms with van der Waals surface area (Å²) in [7, 11) is 0. The van der Waals surface area contributed by atoms with E-state index in [2.05, 4.69) is 10.3 Å². The molecule has 1 amide bonds. The number of furan rings is 1. The van der Waals surface area contributed by atoms with Crippen molar-refractivity contribution >= 4 is 22.7 Å². The molecule has 21 heavy (non-hydrogen) atoms. The van der Waals surface area contributed by atoms with E-state index in [1.54, 1.807) is 18.5 Å². The Balaban J connectivity index is 1.77. The van der Waals surface area contributed by atoms with Gasteiger partial charge in [0.2, 0.25) is 5.91 Å². The Kier molecular flexibility index (Phi) is 3.44. The fourth-order valence-corrected chi connectivity index (χ4v) is 2.23. The maximum atomic E-state index is 12.1. The van der Waals surface area contributed by atoms with Crippen LogP contribution in [0.25, 0.3) is 11.0 Å². The van der Waals surface area contributed by atoms with Crippen molar-refractivity contribution in [1.29, 1.82) is 0 Å². The summed E-state index contributed by atoms with van der Waals surface area (Å²) in [5.74, 6) is 0.463. The number of rotatable bonds is 3. The third kappa shape index (κ3) is 2.94. The number of carbonyl (C=O) groups is 1. The second kappa shape index (κ2) is 5.40. The molecular weight excluding hydrogens is 264 g/mol. The van der Waals surface area contributed by atoms with Gasteiger partial charge in [-0.2, -0.15) is 0 Å². The van der Waals surface area contributed by atoms with Crippen LogP contribution in [0.5, 0.6) is 0 Å². The van der Waals surface area contributed by atoms with Crippen molar-refractivity contribution in [3.63, 3.8) is 0 Å². The lowest BCUT2D eigenvalue weighted by Crippen LogP contribution is -2.15. The molecule has 0 saturated carbocycles. The number of aryl methyl sites for hydroxylation is 2. The Labute approximate surface area is 122 Å². The summed E-state index contributed by atoms with van der Waals surface area (Å²) in [6.45, 7) is 3.98. The first kappa shape index (κ1) is 13.4. The van der Waals surface area contributed by atoms with Crippen molar-refractivity contribution in [2.45, 2.75) is 20.3 Å². The first-order valence-electron chi connectivity index (χ1n) is 6.81. The van der Waals surface area contributed by atoms with Gasteiger partial charge < -0.3 is 9.73 Å². The normalized spacial score (nSPS) is 10.8. The van der Waals surface area contributed by atoms with Gasteiger partial charge in [0, 0.05) is 17.1 Å². The average Bonchev–Trinajstić information content (AvgIpc) is 2.84. The monoisotopic (exact) mass is 280 g/mol. The van der Waals surface area contributed by atoms with Crippen LogP contribution < -0.4 is 5.32 Å². The van der Waals surface area contributed by atoms with Gasteiger partial charge in [0.25, 0.3) is 0 Å². The van der Waals surface area contributed by atoms with E-state index in [1.807, 2.05) is 38.1 Å². The fraction of sp³-hybridized carbons (Fsp3) is 0.176. The molecule has 2 aromatic heterocycles. The predicted molar refractivity (Wildman–Crippen MR) is 82.3 cm³/mol. The number of amides is 1. The van der Waals surface area contributed by atoms with Gasteiger partial charge in [0.05, 0.1) is 12.7 Å². The van der Waals surface area contributed by atoms with E-state index in [9.17, 15) is 4.79 Å². The molecule has 0 spiro atoms. The van der Waals surface area contributed by atoms with Crippen LogP contribution in [0.2, 0.25) is 0 Å². The van der Waals surface area contributed by atoms with Gasteiger partial charge in [-0.1, -0.05) is 17.7 Å². The van der Waals surface area contributed by atoms with Gasteiger partial charge in [0.15, 0.2) is 0 Å². The lowest BCUT2D eigenvalue weighted by atomic mass is 10.1. The summed E-state index contributed by atoms with van der Waals surface area (Å²) < 4.78 is 5.48. The molecule has 106 valence electrons. The minimum atomic E-state index is -0.101. The minimum absolute atomic E-state index is 0.101. The zero-order valence-electron chi connectivity index (χ0n) is 12.0. The van der Waals surface area contributed by atoms with E-state index in [0.717, 1.165) is 27.7 Å². The Morgan fingerprint density at radius 2 is 2.00 bits per heavy atom. The first-order valence-corrected chi connectivity index (χ1v) is 6.81. The number of fused-ring (bicyclic) bond motifs is 1. The van der Waals surface area contributed by atoms with Gasteiger partial charge in [-0.25, -0.2) is 4.98 Å². The highest BCUT2D eigenvalue weighted by Crippen LogP contribution is 2.23. The molecule has 4 heteroatoms. The third-order valence-electron chi connectivity index (χ3n) is 3.34. The quantitative estimate of drug-likeness (QED) is 0.797. The standard InChI is InChI=1S/C17H16N2O2/c1-11-3-5-15-14(7-11)13(10-21-15)8-17(20)19-16-6-4-12(2)9-18-16/h3-7,9-10H,8H2,1-2H3,(H,18,19,20). The largest absolute Gasteiger partial charge is 0.464 e. The number of pyridine rings is 1. The molecule has 0 fully saturated rings. The van der Waals surface area contributed by atoms with Crippen molar-refractivity contribution in [2.75, 3.05) is 5.32 Å². The van der Waals surface area contributed by atoms with E-state index in [-0.39, 0.29) is 12.3 Å². The molecule has 0 bridgehead atoms. The summed E-state index contributed by atoms with van der Waals surface area (Å²) in [5, 5.41) is 3.78. The number of aromatic nitrogens is 1. The molecule has 0 aliphatic heterocycles. The minimum Gasteiger partial charge on any atom is -0.464 e. The lowest BCUT2D eigenvalue weighted by molar-refractivity contribution is -0.115. The van der Waals surface area contributed by atoms with Crippen LogP contribution in [0.3, 0.4) is 0 Å². The molecule has 0 saturated heterocycles. The second-order valence-electron chi connectivity index (χ2n) is 5.21. The number of anilines is 1. The molecule has 0 aliphatic rings. The zero-order valence-corrected chi connectivity index (χ0v) is 12.0. The smallest absolute Gasteiger partial charge is 0.230 e. The molecule has 0 unspecified atom stereocenters. The zero-order chi connectivity index (χ0) is 14.8. The summed E-state index contributed by atoms with van der Waals surface area (Å²) in [6.07, 6.45) is 3.64. The van der Waals surface area contributed by atoms with Crippen molar-refractivity contribution in [3.05, 3.63) is 59.5 Å². The van der Waals surface area contributed by atoms with Crippen molar-refractivity contribution in [3.8, 4) is 0 Å². The Bertz CT molecular complexity index is 788. The molecule has 3 aromatic rings. The third-order valence-corrected chi connectivity index (χ3v) is 3.34. The number of hydrogen-bond acceptors (Lipinski definition) is 3. The lowest BCUT2D eigenvalue weighted by Gasteiger charge is -2.04. The van der Waals surface area contributed by atoms with Crippen LogP contribution in [0.1, 0.15) is 16.7 Å². The summed E-state index contributed by atoms with van der Waals surface area (Å²) in [6, 6.07) is 9.66. The summed E-state index contributed by atoms with van der Waals surface area (Å²) in [4.78, 5) is 16.3. The van der Waals surface area contributed by atoms with E-state index in [0.29, 0.717) is 5.82 Å². The molecule has 0 aliphatic carbocycles. The number of carbonyl (C=O) groups excluding carboxylic acids is 1. The highest BCUT2D eigenvalue weighted by molar-refractivity contribution is 5.94. The van der Waals surface area contributed by atoms with Crippen LogP contribution in [0, 0.1) is 13.8 Å². The Morgan fingerprint density at radius 3 is 2.76 bits per heavy atom. The first-order chi connectivity index (χ1) is 10.1. The van der Waals surface area contributed by atoms with Crippen LogP contribution in [-0.4, -0.2) is 10.9 Å². The Morgan fingerprint density at radius 1 is 1.19 bits per heavy atom. The Hall–Kier alpha value is -2.62. The molecule has 0 atom stereocenters. The van der Waals surface area contributed by atoms with E-state index in [4.69, 9.17) is 4.42 Å². The maximum Gasteiger partial charge on any atom is 0.230 e. The SMILES string of the molecule is Cc1ccc(NC(=O)Cc2coc3ccc(C)cc23)nc1. The molecule has 4 nitrogen and oxygen atoms in total. The molecule has 0 radical (unpaired) electrons. The highest BCUT2D eigenvalue weighted by Gasteiger charge is 2.11. The molecule has 1 aromatic carbocycles. The highest BCUT2D eigenvalue weighted by atomic mass is 16.3. The van der Waals surface area contributed by atoms with Gasteiger partial charge in [-0.15, -0.1) is 0 Å². The van der Waals surface area contributed by atoms with E-state index in [1.165, 1.54) is 0 Å².